The van der Waals surface area contributed by atoms with Crippen molar-refractivity contribution in [1.29, 1.82) is 5.26 Å². The van der Waals surface area contributed by atoms with Crippen molar-refractivity contribution in [2.24, 2.45) is 5.92 Å². The molecule has 1 aromatic carbocycles. The third-order valence-corrected chi connectivity index (χ3v) is 5.45. The van der Waals surface area contributed by atoms with Crippen LogP contribution in [0, 0.1) is 17.2 Å². The summed E-state index contributed by atoms with van der Waals surface area (Å²) >= 11 is 0. The van der Waals surface area contributed by atoms with Crippen molar-refractivity contribution in [2.75, 3.05) is 6.61 Å². The van der Waals surface area contributed by atoms with Crippen molar-refractivity contribution in [3.8, 4) is 11.8 Å². The molecule has 25 heavy (non-hydrogen) atoms. The number of aliphatic carboxylic acids is 1. The van der Waals surface area contributed by atoms with Gasteiger partial charge in [0.05, 0.1) is 11.6 Å². The van der Waals surface area contributed by atoms with E-state index in [0.29, 0.717) is 24.3 Å². The molecule has 0 bridgehead atoms. The molecule has 1 saturated carbocycles. The molecule has 2 aliphatic rings. The molecule has 1 N–H and O–H groups in total. The molecular formula is C21H25NO3. The smallest absolute Gasteiger partial charge is 0.303 e. The quantitative estimate of drug-likeness (QED) is 0.736. The van der Waals surface area contributed by atoms with Gasteiger partial charge >= 0.3 is 5.97 Å². The van der Waals surface area contributed by atoms with E-state index < -0.39 is 5.97 Å². The van der Waals surface area contributed by atoms with Crippen LogP contribution < -0.4 is 4.74 Å². The van der Waals surface area contributed by atoms with Crippen LogP contribution in [-0.2, 0) is 11.2 Å². The highest BCUT2D eigenvalue weighted by Gasteiger charge is 2.25. The van der Waals surface area contributed by atoms with E-state index in [9.17, 15) is 10.1 Å². The molecule has 0 spiro atoms. The molecule has 0 atom stereocenters. The number of nitrogens with zero attached hydrogens (tertiary/aromatic N) is 1. The topological polar surface area (TPSA) is 70.3 Å². The lowest BCUT2D eigenvalue weighted by Gasteiger charge is -2.15. The summed E-state index contributed by atoms with van der Waals surface area (Å²) in [5.74, 6) is 0.617. The largest absolute Gasteiger partial charge is 0.489 e. The molecule has 3 rings (SSSR count). The molecule has 0 radical (unpaired) electrons. The monoisotopic (exact) mass is 339 g/mol. The van der Waals surface area contributed by atoms with Crippen LogP contribution in [0.3, 0.4) is 0 Å². The van der Waals surface area contributed by atoms with E-state index in [-0.39, 0.29) is 6.42 Å². The summed E-state index contributed by atoms with van der Waals surface area (Å²) in [7, 11) is 0. The van der Waals surface area contributed by atoms with Crippen LogP contribution in [0.2, 0.25) is 0 Å². The Morgan fingerprint density at radius 3 is 2.76 bits per heavy atom. The van der Waals surface area contributed by atoms with E-state index in [2.05, 4.69) is 6.07 Å². The minimum atomic E-state index is -0.850. The lowest BCUT2D eigenvalue weighted by Crippen LogP contribution is -2.06. The number of nitriles is 1. The van der Waals surface area contributed by atoms with Crippen molar-refractivity contribution >= 4 is 5.97 Å². The molecule has 1 fully saturated rings. The summed E-state index contributed by atoms with van der Waals surface area (Å²) in [5.41, 5.74) is 4.37. The van der Waals surface area contributed by atoms with E-state index in [1.807, 2.05) is 12.1 Å². The lowest BCUT2D eigenvalue weighted by atomic mass is 9.94. The maximum atomic E-state index is 10.7. The predicted molar refractivity (Wildman–Crippen MR) is 95.4 cm³/mol. The van der Waals surface area contributed by atoms with Gasteiger partial charge in [0.15, 0.2) is 0 Å². The van der Waals surface area contributed by atoms with Crippen molar-refractivity contribution in [1.82, 2.24) is 0 Å². The first-order valence-corrected chi connectivity index (χ1v) is 9.26. The molecule has 132 valence electrons. The van der Waals surface area contributed by atoms with Crippen LogP contribution in [0.25, 0.3) is 0 Å². The number of rotatable bonds is 7. The highest BCUT2D eigenvalue weighted by molar-refractivity contribution is 5.67. The third-order valence-electron chi connectivity index (χ3n) is 5.45. The number of benzene rings is 1. The average Bonchev–Trinajstić information content (AvgIpc) is 3.29. The zero-order chi connectivity index (χ0) is 17.6. The van der Waals surface area contributed by atoms with Crippen LogP contribution in [0.5, 0.6) is 5.75 Å². The fourth-order valence-electron chi connectivity index (χ4n) is 4.14. The Balaban J connectivity index is 1.65. The Morgan fingerprint density at radius 1 is 1.24 bits per heavy atom. The number of allylic oxidation sites excluding steroid dienone is 1. The minimum absolute atomic E-state index is 0.0342. The van der Waals surface area contributed by atoms with Crippen molar-refractivity contribution in [2.45, 2.75) is 57.8 Å². The zero-order valence-corrected chi connectivity index (χ0v) is 14.6. The normalized spacial score (nSPS) is 17.7. The molecular weight excluding hydrogens is 314 g/mol. The average molecular weight is 339 g/mol. The summed E-state index contributed by atoms with van der Waals surface area (Å²) in [6.07, 6.45) is 9.36. The fraction of sp³-hybridized carbons (Fsp3) is 0.524. The molecule has 0 aromatic heterocycles. The first kappa shape index (κ1) is 17.5. The fourth-order valence-corrected chi connectivity index (χ4v) is 4.14. The Morgan fingerprint density at radius 2 is 2.04 bits per heavy atom. The second kappa shape index (κ2) is 8.20. The third kappa shape index (κ3) is 4.42. The molecule has 0 aliphatic heterocycles. The van der Waals surface area contributed by atoms with Gasteiger partial charge in [-0.25, -0.2) is 0 Å². The minimum Gasteiger partial charge on any atom is -0.489 e. The maximum absolute atomic E-state index is 10.7. The van der Waals surface area contributed by atoms with E-state index in [4.69, 9.17) is 9.84 Å². The number of hydrogen-bond donors (Lipinski definition) is 1. The standard InChI is InChI=1S/C21H25NO3/c22-13-18-12-19(10-8-15(18)9-11-21(23)24)25-14-17-6-3-7-20(17)16-4-1-2-5-16/h8,10,12,16H,1-7,9,11,14H2,(H,23,24). The maximum Gasteiger partial charge on any atom is 0.303 e. The van der Waals surface area contributed by atoms with Gasteiger partial charge in [-0.15, -0.1) is 0 Å². The molecule has 0 heterocycles. The SMILES string of the molecule is N#Cc1cc(OCC2=C(C3CCCC3)CCC2)ccc1CCC(=O)O. The van der Waals surface area contributed by atoms with E-state index in [0.717, 1.165) is 17.9 Å². The van der Waals surface area contributed by atoms with Crippen LogP contribution in [0.15, 0.2) is 29.3 Å². The molecule has 2 aliphatic carbocycles. The van der Waals surface area contributed by atoms with Gasteiger partial charge in [-0.2, -0.15) is 5.26 Å². The van der Waals surface area contributed by atoms with Crippen molar-refractivity contribution in [3.63, 3.8) is 0 Å². The molecule has 1 aromatic rings. The number of carboxylic acids is 1. The predicted octanol–water partition coefficient (Wildman–Crippen LogP) is 4.62. The van der Waals surface area contributed by atoms with Crippen LogP contribution in [0.1, 0.15) is 62.5 Å². The first-order chi connectivity index (χ1) is 12.2. The van der Waals surface area contributed by atoms with Gasteiger partial charge in [-0.1, -0.05) is 24.5 Å². The Hall–Kier alpha value is -2.28. The molecule has 4 heteroatoms. The van der Waals surface area contributed by atoms with Gasteiger partial charge in [0.1, 0.15) is 12.4 Å². The number of carboxylic acid groups (broad SMARTS) is 1. The van der Waals surface area contributed by atoms with Gasteiger partial charge < -0.3 is 9.84 Å². The highest BCUT2D eigenvalue weighted by atomic mass is 16.5. The Labute approximate surface area is 149 Å². The Bertz CT molecular complexity index is 708. The summed E-state index contributed by atoms with van der Waals surface area (Å²) in [5, 5.41) is 18.1. The molecule has 0 unspecified atom stereocenters. The second-order valence-electron chi connectivity index (χ2n) is 7.08. The molecule has 4 nitrogen and oxygen atoms in total. The van der Waals surface area contributed by atoms with Crippen LogP contribution >= 0.6 is 0 Å². The van der Waals surface area contributed by atoms with Gasteiger partial charge in [-0.3, -0.25) is 4.79 Å². The van der Waals surface area contributed by atoms with E-state index in [1.165, 1.54) is 44.1 Å². The van der Waals surface area contributed by atoms with Gasteiger partial charge in [0.2, 0.25) is 0 Å². The molecule has 0 amide bonds. The summed E-state index contributed by atoms with van der Waals surface area (Å²) in [6, 6.07) is 7.56. The highest BCUT2D eigenvalue weighted by Crippen LogP contribution is 2.40. The van der Waals surface area contributed by atoms with Crippen LogP contribution in [-0.4, -0.2) is 17.7 Å². The lowest BCUT2D eigenvalue weighted by molar-refractivity contribution is -0.136. The van der Waals surface area contributed by atoms with Gasteiger partial charge in [0, 0.05) is 6.42 Å². The number of carbonyl (C=O) groups is 1. The number of aryl methyl sites for hydroxylation is 1. The first-order valence-electron chi connectivity index (χ1n) is 9.26. The Kier molecular flexibility index (Phi) is 5.75. The van der Waals surface area contributed by atoms with Gasteiger partial charge in [-0.05, 0) is 67.7 Å². The second-order valence-corrected chi connectivity index (χ2v) is 7.08. The molecule has 0 saturated heterocycles. The number of hydrogen-bond acceptors (Lipinski definition) is 3. The van der Waals surface area contributed by atoms with Gasteiger partial charge in [0.25, 0.3) is 0 Å². The summed E-state index contributed by atoms with van der Waals surface area (Å²) < 4.78 is 5.98. The van der Waals surface area contributed by atoms with Crippen LogP contribution in [0.4, 0.5) is 0 Å². The van der Waals surface area contributed by atoms with Crippen molar-refractivity contribution < 1.29 is 14.6 Å². The summed E-state index contributed by atoms with van der Waals surface area (Å²) in [6.45, 7) is 0.616. The van der Waals surface area contributed by atoms with E-state index in [1.54, 1.807) is 11.6 Å². The van der Waals surface area contributed by atoms with E-state index >= 15 is 0 Å². The number of ether oxygens (including phenoxy) is 1. The van der Waals surface area contributed by atoms with Crippen molar-refractivity contribution in [3.05, 3.63) is 40.5 Å². The zero-order valence-electron chi connectivity index (χ0n) is 14.6. The summed E-state index contributed by atoms with van der Waals surface area (Å²) in [4.78, 5) is 10.7.